The SMILES string of the molecule is CCC(=C(c1ccc(O)cc1)c1ccc(N2CCC(CN3CC4CC(C3)N4c3cc4c(cc3F)CN(C3CCC(=O)NC3=O)C4C(=O)C=O)CC2)cc1)c1ccc(O)cc1. The first kappa shape index (κ1) is 39.6. The van der Waals surface area contributed by atoms with Gasteiger partial charge < -0.3 is 20.0 Å². The van der Waals surface area contributed by atoms with Crippen LogP contribution in [0.3, 0.4) is 0 Å². The standard InChI is InChI=1S/C48H50FN5O6/c1-2-39(30-5-11-37(56)12-6-30)46(32-7-13-38(57)14-8-32)31-3-9-34(10-4-31)52-19-17-29(18-20-52)24-51-26-35-22-36(27-51)54(35)43-23-40-33(21-41(43)49)25-53(47(40)44(58)28-55)42-15-16-45(59)50-48(42)60/h3-14,21,23,28-29,35-36,42,47,56-57H,2,15-20,22,24-27H2,1H3,(H,50,59,60). The predicted molar refractivity (Wildman–Crippen MR) is 227 cm³/mol. The molecule has 10 rings (SSSR count). The van der Waals surface area contributed by atoms with Crippen LogP contribution in [0.5, 0.6) is 11.5 Å². The average Bonchev–Trinajstić information content (AvgIpc) is 3.61. The van der Waals surface area contributed by atoms with Gasteiger partial charge in [-0.05, 0) is 126 Å². The second-order valence-electron chi connectivity index (χ2n) is 17.0. The van der Waals surface area contributed by atoms with E-state index < -0.39 is 23.8 Å². The Kier molecular flexibility index (Phi) is 10.8. The molecule has 0 radical (unpaired) electrons. The third-order valence-corrected chi connectivity index (χ3v) is 13.4. The number of halogens is 1. The smallest absolute Gasteiger partial charge is 0.243 e. The fourth-order valence-electron chi connectivity index (χ4n) is 10.5. The molecule has 0 aliphatic carbocycles. The van der Waals surface area contributed by atoms with Gasteiger partial charge in [-0.3, -0.25) is 34.3 Å². The van der Waals surface area contributed by atoms with Crippen LogP contribution in [0.4, 0.5) is 15.8 Å². The lowest BCUT2D eigenvalue weighted by atomic mass is 9.84. The first-order valence-electron chi connectivity index (χ1n) is 21.2. The number of phenols is 2. The summed E-state index contributed by atoms with van der Waals surface area (Å²) in [5.74, 6) is -0.908. The molecule has 6 aliphatic heterocycles. The lowest BCUT2D eigenvalue weighted by Gasteiger charge is -2.58. The van der Waals surface area contributed by atoms with Crippen molar-refractivity contribution in [3.05, 3.63) is 119 Å². The van der Waals surface area contributed by atoms with Crippen LogP contribution >= 0.6 is 0 Å². The van der Waals surface area contributed by atoms with Crippen LogP contribution in [0, 0.1) is 11.7 Å². The molecule has 4 aromatic carbocycles. The number of Topliss-reactive ketones (excluding diaryl/α,β-unsaturated/α-hetero) is 1. The van der Waals surface area contributed by atoms with Gasteiger partial charge in [0.25, 0.3) is 0 Å². The molecule has 5 fully saturated rings. The number of piperazine rings is 1. The quantitative estimate of drug-likeness (QED) is 0.0695. The van der Waals surface area contributed by atoms with E-state index in [9.17, 15) is 29.4 Å². The van der Waals surface area contributed by atoms with Crippen LogP contribution in [-0.2, 0) is 25.7 Å². The van der Waals surface area contributed by atoms with Crippen molar-refractivity contribution >= 4 is 46.4 Å². The lowest BCUT2D eigenvalue weighted by molar-refractivity contribution is -0.141. The normalized spacial score (nSPS) is 23.8. The summed E-state index contributed by atoms with van der Waals surface area (Å²) in [6, 6.07) is 25.1. The first-order valence-corrected chi connectivity index (χ1v) is 21.2. The Labute approximate surface area is 349 Å². The molecule has 0 aromatic heterocycles. The van der Waals surface area contributed by atoms with E-state index in [1.165, 1.54) is 11.8 Å². The summed E-state index contributed by atoms with van der Waals surface area (Å²) < 4.78 is 15.9. The fourth-order valence-corrected chi connectivity index (χ4v) is 10.5. The monoisotopic (exact) mass is 811 g/mol. The number of hydrogen-bond donors (Lipinski definition) is 3. The summed E-state index contributed by atoms with van der Waals surface area (Å²) in [5, 5.41) is 22.3. The number of piperidine rings is 3. The molecule has 2 amide bonds. The van der Waals surface area contributed by atoms with Gasteiger partial charge in [0.15, 0.2) is 6.29 Å². The van der Waals surface area contributed by atoms with Crippen molar-refractivity contribution in [3.63, 3.8) is 0 Å². The summed E-state index contributed by atoms with van der Waals surface area (Å²) in [5.41, 5.74) is 8.18. The molecule has 310 valence electrons. The number of ketones is 1. The van der Waals surface area contributed by atoms with Crippen molar-refractivity contribution in [2.24, 2.45) is 5.92 Å². The maximum atomic E-state index is 15.9. The highest BCUT2D eigenvalue weighted by atomic mass is 19.1. The molecule has 0 spiro atoms. The topological polar surface area (TPSA) is 134 Å². The highest BCUT2D eigenvalue weighted by Crippen LogP contribution is 2.45. The van der Waals surface area contributed by atoms with Gasteiger partial charge in [-0.25, -0.2) is 4.39 Å². The van der Waals surface area contributed by atoms with Crippen molar-refractivity contribution in [2.45, 2.75) is 76.2 Å². The van der Waals surface area contributed by atoms with Crippen molar-refractivity contribution in [1.82, 2.24) is 15.1 Å². The number of aldehydes is 1. The van der Waals surface area contributed by atoms with Gasteiger partial charge in [-0.1, -0.05) is 43.3 Å². The molecule has 2 bridgehead atoms. The Morgan fingerprint density at radius 2 is 1.47 bits per heavy atom. The summed E-state index contributed by atoms with van der Waals surface area (Å²) in [6.07, 6.45) is 4.56. The molecule has 0 saturated carbocycles. The molecule has 4 atom stereocenters. The molecular weight excluding hydrogens is 762 g/mol. The number of carbonyl (C=O) groups is 4. The summed E-state index contributed by atoms with van der Waals surface area (Å²) >= 11 is 0. The summed E-state index contributed by atoms with van der Waals surface area (Å²) in [7, 11) is 0. The Morgan fingerprint density at radius 3 is 2.07 bits per heavy atom. The largest absolute Gasteiger partial charge is 0.508 e. The van der Waals surface area contributed by atoms with Crippen molar-refractivity contribution in [3.8, 4) is 11.5 Å². The molecule has 6 aliphatic rings. The van der Waals surface area contributed by atoms with Gasteiger partial charge in [0, 0.05) is 63.5 Å². The molecule has 12 heteroatoms. The first-order chi connectivity index (χ1) is 29.1. The Morgan fingerprint density at radius 1 is 0.850 bits per heavy atom. The van der Waals surface area contributed by atoms with Gasteiger partial charge in [0.1, 0.15) is 23.4 Å². The highest BCUT2D eigenvalue weighted by molar-refractivity contribution is 6.27. The molecule has 60 heavy (non-hydrogen) atoms. The van der Waals surface area contributed by atoms with Crippen molar-refractivity contribution < 1.29 is 33.8 Å². The molecule has 4 aromatic rings. The number of nitrogens with zero attached hydrogens (tertiary/aromatic N) is 4. The Hall–Kier alpha value is -5.85. The number of aromatic hydroxyl groups is 2. The highest BCUT2D eigenvalue weighted by Gasteiger charge is 2.48. The van der Waals surface area contributed by atoms with Crippen LogP contribution in [0.15, 0.2) is 84.9 Å². The maximum absolute atomic E-state index is 15.9. The second kappa shape index (κ2) is 16.3. The average molecular weight is 812 g/mol. The number of carbonyl (C=O) groups excluding carboxylic acids is 4. The van der Waals surface area contributed by atoms with Crippen LogP contribution in [0.1, 0.15) is 79.3 Å². The summed E-state index contributed by atoms with van der Waals surface area (Å²) in [6.45, 7) is 6.85. The Bertz CT molecular complexity index is 2330. The Balaban J connectivity index is 0.836. The minimum atomic E-state index is -0.993. The number of anilines is 2. The number of nitrogens with one attached hydrogen (secondary N) is 1. The minimum absolute atomic E-state index is 0.137. The molecule has 3 N–H and O–H groups in total. The van der Waals surface area contributed by atoms with Crippen LogP contribution in [0.2, 0.25) is 0 Å². The molecule has 11 nitrogen and oxygen atoms in total. The number of hydrogen-bond acceptors (Lipinski definition) is 10. The van der Waals surface area contributed by atoms with Gasteiger partial charge in [0.2, 0.25) is 17.6 Å². The predicted octanol–water partition coefficient (Wildman–Crippen LogP) is 6.22. The zero-order valence-electron chi connectivity index (χ0n) is 33.7. The van der Waals surface area contributed by atoms with E-state index in [-0.39, 0.29) is 61.0 Å². The molecular formula is C48H50FN5O6. The van der Waals surface area contributed by atoms with E-state index in [1.54, 1.807) is 35.2 Å². The zero-order chi connectivity index (χ0) is 41.7. The van der Waals surface area contributed by atoms with Gasteiger partial charge >= 0.3 is 0 Å². The third-order valence-electron chi connectivity index (χ3n) is 13.4. The van der Waals surface area contributed by atoms with E-state index in [2.05, 4.69) is 51.2 Å². The zero-order valence-corrected chi connectivity index (χ0v) is 33.7. The van der Waals surface area contributed by atoms with E-state index in [0.717, 1.165) is 86.2 Å². The van der Waals surface area contributed by atoms with E-state index in [0.29, 0.717) is 22.7 Å². The summed E-state index contributed by atoms with van der Waals surface area (Å²) in [4.78, 5) is 58.2. The molecule has 6 heterocycles. The number of imide groups is 1. The third kappa shape index (κ3) is 7.47. The van der Waals surface area contributed by atoms with Gasteiger partial charge in [-0.2, -0.15) is 0 Å². The number of amides is 2. The maximum Gasteiger partial charge on any atom is 0.243 e. The van der Waals surface area contributed by atoms with E-state index in [4.69, 9.17) is 0 Å². The van der Waals surface area contributed by atoms with Gasteiger partial charge in [-0.15, -0.1) is 0 Å². The number of rotatable bonds is 11. The second-order valence-corrected chi connectivity index (χ2v) is 17.0. The van der Waals surface area contributed by atoms with Crippen LogP contribution in [0.25, 0.3) is 11.1 Å². The number of phenolic OH excluding ortho intramolecular Hbond substituents is 2. The van der Waals surface area contributed by atoms with Crippen molar-refractivity contribution in [2.75, 3.05) is 42.5 Å². The van der Waals surface area contributed by atoms with Crippen LogP contribution in [-0.4, -0.2) is 94.7 Å². The lowest BCUT2D eigenvalue weighted by Crippen LogP contribution is -2.69. The number of allylic oxidation sites excluding steroid dienone is 1. The van der Waals surface area contributed by atoms with E-state index >= 15 is 4.39 Å². The molecule has 5 saturated heterocycles. The van der Waals surface area contributed by atoms with Crippen LogP contribution < -0.4 is 15.1 Å². The van der Waals surface area contributed by atoms with E-state index in [1.807, 2.05) is 24.3 Å². The number of fused-ring (bicyclic) bond motifs is 3. The number of benzene rings is 4. The van der Waals surface area contributed by atoms with Crippen molar-refractivity contribution in [1.29, 1.82) is 0 Å². The van der Waals surface area contributed by atoms with Gasteiger partial charge in [0.05, 0.1) is 11.7 Å². The minimum Gasteiger partial charge on any atom is -0.508 e. The molecule has 4 unspecified atom stereocenters. The fraction of sp³-hybridized carbons (Fsp3) is 0.375.